The first kappa shape index (κ1) is 14.3. The Hall–Kier alpha value is -0.730. The monoisotopic (exact) mass is 240 g/mol. The van der Waals surface area contributed by atoms with E-state index in [-0.39, 0.29) is 6.03 Å². The normalized spacial score (nSPS) is 17.5. The number of amides is 2. The molecule has 1 N–H and O–H groups in total. The van der Waals surface area contributed by atoms with Gasteiger partial charge in [0.05, 0.1) is 0 Å². The third-order valence-electron chi connectivity index (χ3n) is 3.46. The summed E-state index contributed by atoms with van der Waals surface area (Å²) in [6.45, 7) is 6.02. The Balaban J connectivity index is 2.38. The molecule has 3 nitrogen and oxygen atoms in total. The molecule has 1 rings (SSSR count). The van der Waals surface area contributed by atoms with Crippen LogP contribution >= 0.6 is 0 Å². The lowest BCUT2D eigenvalue weighted by Gasteiger charge is -2.25. The number of carbonyl (C=O) groups excluding carboxylic acids is 1. The van der Waals surface area contributed by atoms with Crippen LogP contribution in [0.25, 0.3) is 0 Å². The summed E-state index contributed by atoms with van der Waals surface area (Å²) in [4.78, 5) is 14.1. The van der Waals surface area contributed by atoms with Crippen LogP contribution in [-0.4, -0.2) is 30.1 Å². The number of hydrogen-bond donors (Lipinski definition) is 1. The van der Waals surface area contributed by atoms with Crippen LogP contribution in [0.4, 0.5) is 4.79 Å². The quantitative estimate of drug-likeness (QED) is 0.732. The molecule has 1 aliphatic carbocycles. The standard InChI is InChI=1S/C14H28N2O/c1-3-11-16(12-4-2)14(17)15-13-9-7-5-6-8-10-13/h13H,3-12H2,1-2H3,(H,15,17). The molecular formula is C14H28N2O. The second-order valence-electron chi connectivity index (χ2n) is 5.13. The van der Waals surface area contributed by atoms with E-state index >= 15 is 0 Å². The van der Waals surface area contributed by atoms with Crippen LogP contribution in [0.2, 0.25) is 0 Å². The molecule has 0 radical (unpaired) electrons. The summed E-state index contributed by atoms with van der Waals surface area (Å²) in [7, 11) is 0. The molecule has 0 spiro atoms. The van der Waals surface area contributed by atoms with E-state index in [0.717, 1.165) is 38.8 Å². The van der Waals surface area contributed by atoms with Gasteiger partial charge in [0.25, 0.3) is 0 Å². The van der Waals surface area contributed by atoms with Gasteiger partial charge >= 0.3 is 6.03 Å². The number of urea groups is 1. The third kappa shape index (κ3) is 5.42. The third-order valence-corrected chi connectivity index (χ3v) is 3.46. The van der Waals surface area contributed by atoms with Gasteiger partial charge in [0, 0.05) is 19.1 Å². The molecule has 1 aliphatic rings. The Morgan fingerprint density at radius 2 is 1.59 bits per heavy atom. The number of nitrogens with zero attached hydrogens (tertiary/aromatic N) is 1. The summed E-state index contributed by atoms with van der Waals surface area (Å²) >= 11 is 0. The average molecular weight is 240 g/mol. The van der Waals surface area contributed by atoms with Crippen LogP contribution in [0.5, 0.6) is 0 Å². The van der Waals surface area contributed by atoms with Crippen LogP contribution in [-0.2, 0) is 0 Å². The number of rotatable bonds is 5. The summed E-state index contributed by atoms with van der Waals surface area (Å²) in [6.07, 6.45) is 9.62. The van der Waals surface area contributed by atoms with E-state index in [1.165, 1.54) is 25.7 Å². The van der Waals surface area contributed by atoms with E-state index in [1.807, 2.05) is 4.90 Å². The smallest absolute Gasteiger partial charge is 0.317 e. The fourth-order valence-corrected chi connectivity index (χ4v) is 2.54. The van der Waals surface area contributed by atoms with Crippen molar-refractivity contribution in [3.63, 3.8) is 0 Å². The van der Waals surface area contributed by atoms with E-state index < -0.39 is 0 Å². The zero-order valence-electron chi connectivity index (χ0n) is 11.5. The average Bonchev–Trinajstić information content (AvgIpc) is 2.57. The van der Waals surface area contributed by atoms with E-state index in [1.54, 1.807) is 0 Å². The zero-order valence-corrected chi connectivity index (χ0v) is 11.5. The van der Waals surface area contributed by atoms with Crippen LogP contribution in [0, 0.1) is 0 Å². The highest BCUT2D eigenvalue weighted by Crippen LogP contribution is 2.17. The molecule has 3 heteroatoms. The minimum Gasteiger partial charge on any atom is -0.335 e. The molecule has 0 unspecified atom stereocenters. The number of carbonyl (C=O) groups is 1. The summed E-state index contributed by atoms with van der Waals surface area (Å²) in [5, 5.41) is 3.22. The molecule has 1 fully saturated rings. The molecule has 0 saturated heterocycles. The first-order valence-corrected chi connectivity index (χ1v) is 7.33. The van der Waals surface area contributed by atoms with Crippen LogP contribution < -0.4 is 5.32 Å². The predicted octanol–water partition coefficient (Wildman–Crippen LogP) is 3.54. The zero-order chi connectivity index (χ0) is 12.5. The van der Waals surface area contributed by atoms with Crippen molar-refractivity contribution in [2.45, 2.75) is 71.3 Å². The fraction of sp³-hybridized carbons (Fsp3) is 0.929. The van der Waals surface area contributed by atoms with Gasteiger partial charge in [-0.1, -0.05) is 39.5 Å². The molecule has 0 aromatic rings. The molecular weight excluding hydrogens is 212 g/mol. The van der Waals surface area contributed by atoms with Gasteiger partial charge in [-0.2, -0.15) is 0 Å². The maximum Gasteiger partial charge on any atom is 0.317 e. The Labute approximate surface area is 106 Å². The molecule has 1 saturated carbocycles. The van der Waals surface area contributed by atoms with Gasteiger partial charge in [-0.25, -0.2) is 4.79 Å². The topological polar surface area (TPSA) is 32.3 Å². The number of hydrogen-bond acceptors (Lipinski definition) is 1. The summed E-state index contributed by atoms with van der Waals surface area (Å²) in [5.41, 5.74) is 0. The van der Waals surface area contributed by atoms with Crippen molar-refractivity contribution in [1.29, 1.82) is 0 Å². The molecule has 0 aromatic heterocycles. The van der Waals surface area contributed by atoms with Gasteiger partial charge in [-0.05, 0) is 25.7 Å². The SMILES string of the molecule is CCCN(CCC)C(=O)NC1CCCCCC1. The Morgan fingerprint density at radius 1 is 1.06 bits per heavy atom. The molecule has 0 aromatic carbocycles. The molecule has 0 atom stereocenters. The molecule has 0 bridgehead atoms. The fourth-order valence-electron chi connectivity index (χ4n) is 2.54. The maximum absolute atomic E-state index is 12.1. The minimum absolute atomic E-state index is 0.153. The van der Waals surface area contributed by atoms with Gasteiger partial charge < -0.3 is 10.2 Å². The highest BCUT2D eigenvalue weighted by molar-refractivity contribution is 5.74. The maximum atomic E-state index is 12.1. The highest BCUT2D eigenvalue weighted by Gasteiger charge is 2.17. The van der Waals surface area contributed by atoms with E-state index in [2.05, 4.69) is 19.2 Å². The van der Waals surface area contributed by atoms with Crippen LogP contribution in [0.15, 0.2) is 0 Å². The molecule has 0 heterocycles. The molecule has 17 heavy (non-hydrogen) atoms. The van der Waals surface area contributed by atoms with Crippen molar-refractivity contribution in [3.8, 4) is 0 Å². The van der Waals surface area contributed by atoms with Gasteiger partial charge in [0.1, 0.15) is 0 Å². The van der Waals surface area contributed by atoms with Crippen molar-refractivity contribution < 1.29 is 4.79 Å². The molecule has 2 amide bonds. The largest absolute Gasteiger partial charge is 0.335 e. The van der Waals surface area contributed by atoms with Crippen molar-refractivity contribution in [2.75, 3.05) is 13.1 Å². The summed E-state index contributed by atoms with van der Waals surface area (Å²) in [6, 6.07) is 0.571. The molecule has 100 valence electrons. The second kappa shape index (κ2) is 8.37. The first-order chi connectivity index (χ1) is 8.27. The lowest BCUT2D eigenvalue weighted by Crippen LogP contribution is -2.45. The predicted molar refractivity (Wildman–Crippen MR) is 72.2 cm³/mol. The first-order valence-electron chi connectivity index (χ1n) is 7.33. The van der Waals surface area contributed by atoms with Crippen molar-refractivity contribution in [3.05, 3.63) is 0 Å². The Bertz CT molecular complexity index is 204. The second-order valence-corrected chi connectivity index (χ2v) is 5.13. The van der Waals surface area contributed by atoms with Gasteiger partial charge in [0.2, 0.25) is 0 Å². The highest BCUT2D eigenvalue weighted by atomic mass is 16.2. The van der Waals surface area contributed by atoms with Gasteiger partial charge in [-0.15, -0.1) is 0 Å². The van der Waals surface area contributed by atoms with E-state index in [9.17, 15) is 4.79 Å². The Kier molecular flexibility index (Phi) is 7.06. The Morgan fingerprint density at radius 3 is 2.06 bits per heavy atom. The van der Waals surface area contributed by atoms with Crippen molar-refractivity contribution in [2.24, 2.45) is 0 Å². The van der Waals surface area contributed by atoms with Crippen molar-refractivity contribution in [1.82, 2.24) is 10.2 Å². The van der Waals surface area contributed by atoms with E-state index in [4.69, 9.17) is 0 Å². The van der Waals surface area contributed by atoms with Crippen LogP contribution in [0.3, 0.4) is 0 Å². The summed E-state index contributed by atoms with van der Waals surface area (Å²) in [5.74, 6) is 0. The number of nitrogens with one attached hydrogen (secondary N) is 1. The van der Waals surface area contributed by atoms with Gasteiger partial charge in [0.15, 0.2) is 0 Å². The van der Waals surface area contributed by atoms with E-state index in [0.29, 0.717) is 6.04 Å². The lowest BCUT2D eigenvalue weighted by molar-refractivity contribution is 0.192. The van der Waals surface area contributed by atoms with Gasteiger partial charge in [-0.3, -0.25) is 0 Å². The summed E-state index contributed by atoms with van der Waals surface area (Å²) < 4.78 is 0. The van der Waals surface area contributed by atoms with Crippen LogP contribution in [0.1, 0.15) is 65.2 Å². The van der Waals surface area contributed by atoms with Crippen molar-refractivity contribution >= 4 is 6.03 Å². The minimum atomic E-state index is 0.153. The molecule has 0 aliphatic heterocycles. The lowest BCUT2D eigenvalue weighted by atomic mass is 10.1.